The number of nitrogens with zero attached hydrogens (tertiary/aromatic N) is 1. The zero-order valence-electron chi connectivity index (χ0n) is 9.74. The molecule has 1 saturated heterocycles. The third kappa shape index (κ3) is 2.24. The van der Waals surface area contributed by atoms with Crippen molar-refractivity contribution in [2.75, 3.05) is 30.4 Å². The van der Waals surface area contributed by atoms with Crippen molar-refractivity contribution in [2.24, 2.45) is 11.7 Å². The number of hydrogen-bond donors (Lipinski definition) is 2. The molecule has 1 aromatic carbocycles. The van der Waals surface area contributed by atoms with Gasteiger partial charge in [-0.15, -0.1) is 0 Å². The number of carbonyl (C=O) groups is 1. The van der Waals surface area contributed by atoms with Crippen molar-refractivity contribution in [1.82, 2.24) is 0 Å². The van der Waals surface area contributed by atoms with Crippen LogP contribution < -0.4 is 16.0 Å². The summed E-state index contributed by atoms with van der Waals surface area (Å²) in [6.07, 6.45) is 0.441. The number of nitrogens with two attached hydrogens (primary N) is 1. The summed E-state index contributed by atoms with van der Waals surface area (Å²) in [7, 11) is 1.75. The molecular formula is C12H16FN3O. The van der Waals surface area contributed by atoms with Gasteiger partial charge in [0.15, 0.2) is 0 Å². The highest BCUT2D eigenvalue weighted by Gasteiger charge is 2.30. The van der Waals surface area contributed by atoms with Gasteiger partial charge >= 0.3 is 0 Å². The molecule has 1 aromatic rings. The van der Waals surface area contributed by atoms with Gasteiger partial charge in [-0.3, -0.25) is 4.79 Å². The van der Waals surface area contributed by atoms with Crippen LogP contribution in [-0.2, 0) is 4.79 Å². The van der Waals surface area contributed by atoms with E-state index in [9.17, 15) is 9.18 Å². The highest BCUT2D eigenvalue weighted by Crippen LogP contribution is 2.31. The summed E-state index contributed by atoms with van der Waals surface area (Å²) >= 11 is 0. The fraction of sp³-hybridized carbons (Fsp3) is 0.417. The number of amides is 1. The number of carbonyl (C=O) groups excluding carboxylic acids is 1. The third-order valence-electron chi connectivity index (χ3n) is 3.06. The molecule has 0 aliphatic carbocycles. The Kier molecular flexibility index (Phi) is 3.28. The molecule has 1 heterocycles. The molecule has 0 saturated carbocycles. The molecule has 92 valence electrons. The molecule has 1 unspecified atom stereocenters. The molecule has 2 rings (SSSR count). The van der Waals surface area contributed by atoms with Crippen molar-refractivity contribution >= 4 is 17.3 Å². The molecule has 1 atom stereocenters. The van der Waals surface area contributed by atoms with E-state index in [0.717, 1.165) is 5.69 Å². The summed E-state index contributed by atoms with van der Waals surface area (Å²) in [5.74, 6) is -0.180. The maximum atomic E-state index is 13.3. The topological polar surface area (TPSA) is 58.4 Å². The summed E-state index contributed by atoms with van der Waals surface area (Å²) in [5.41, 5.74) is 6.91. The normalized spacial score (nSPS) is 19.8. The van der Waals surface area contributed by atoms with Crippen LogP contribution in [-0.4, -0.2) is 26.0 Å². The van der Waals surface area contributed by atoms with Crippen molar-refractivity contribution in [3.8, 4) is 0 Å². The number of halogens is 1. The summed E-state index contributed by atoms with van der Waals surface area (Å²) in [6.45, 7) is 1.04. The Hall–Kier alpha value is -1.62. The van der Waals surface area contributed by atoms with Gasteiger partial charge in [0, 0.05) is 20.0 Å². The maximum absolute atomic E-state index is 13.3. The predicted octanol–water partition coefficient (Wildman–Crippen LogP) is 1.18. The SMILES string of the molecule is CNc1ccc(F)cc1N1CC(CN)CC1=O. The number of nitrogens with one attached hydrogen (secondary N) is 1. The van der Waals surface area contributed by atoms with Gasteiger partial charge in [-0.2, -0.15) is 0 Å². The highest BCUT2D eigenvalue weighted by atomic mass is 19.1. The number of anilines is 2. The fourth-order valence-corrected chi connectivity index (χ4v) is 2.11. The van der Waals surface area contributed by atoms with Gasteiger partial charge in [0.2, 0.25) is 5.91 Å². The van der Waals surface area contributed by atoms with Crippen LogP contribution in [0.5, 0.6) is 0 Å². The van der Waals surface area contributed by atoms with Crippen LogP contribution in [0.15, 0.2) is 18.2 Å². The van der Waals surface area contributed by atoms with Gasteiger partial charge in [-0.25, -0.2) is 4.39 Å². The third-order valence-corrected chi connectivity index (χ3v) is 3.06. The molecule has 1 aliphatic rings. The van der Waals surface area contributed by atoms with E-state index in [4.69, 9.17) is 5.73 Å². The molecule has 1 aliphatic heterocycles. The van der Waals surface area contributed by atoms with Crippen molar-refractivity contribution in [3.05, 3.63) is 24.0 Å². The van der Waals surface area contributed by atoms with Crippen LogP contribution >= 0.6 is 0 Å². The summed E-state index contributed by atoms with van der Waals surface area (Å²) in [5, 5.41) is 2.96. The van der Waals surface area contributed by atoms with E-state index in [1.165, 1.54) is 12.1 Å². The van der Waals surface area contributed by atoms with Crippen LogP contribution in [0.4, 0.5) is 15.8 Å². The van der Waals surface area contributed by atoms with Gasteiger partial charge in [-0.1, -0.05) is 0 Å². The lowest BCUT2D eigenvalue weighted by Gasteiger charge is -2.20. The van der Waals surface area contributed by atoms with Gasteiger partial charge in [0.05, 0.1) is 11.4 Å². The molecule has 1 fully saturated rings. The minimum atomic E-state index is -0.344. The van der Waals surface area contributed by atoms with Crippen molar-refractivity contribution in [2.45, 2.75) is 6.42 Å². The minimum absolute atomic E-state index is 0.00236. The van der Waals surface area contributed by atoms with Gasteiger partial charge in [-0.05, 0) is 30.7 Å². The fourth-order valence-electron chi connectivity index (χ4n) is 2.11. The molecule has 17 heavy (non-hydrogen) atoms. The van der Waals surface area contributed by atoms with E-state index >= 15 is 0 Å². The summed E-state index contributed by atoms with van der Waals surface area (Å²) in [4.78, 5) is 13.4. The second-order valence-corrected chi connectivity index (χ2v) is 4.22. The van der Waals surface area contributed by atoms with E-state index in [1.807, 2.05) is 0 Å². The monoisotopic (exact) mass is 237 g/mol. The Bertz CT molecular complexity index is 436. The van der Waals surface area contributed by atoms with Crippen molar-refractivity contribution in [3.63, 3.8) is 0 Å². The van der Waals surface area contributed by atoms with Gasteiger partial charge in [0.25, 0.3) is 0 Å². The van der Waals surface area contributed by atoms with Crippen molar-refractivity contribution in [1.29, 1.82) is 0 Å². The smallest absolute Gasteiger partial charge is 0.227 e. The lowest BCUT2D eigenvalue weighted by molar-refractivity contribution is -0.117. The molecule has 4 nitrogen and oxygen atoms in total. The number of rotatable bonds is 3. The highest BCUT2D eigenvalue weighted by molar-refractivity contribution is 5.98. The van der Waals surface area contributed by atoms with Crippen molar-refractivity contribution < 1.29 is 9.18 Å². The first-order valence-electron chi connectivity index (χ1n) is 5.63. The molecule has 0 aromatic heterocycles. The molecule has 0 spiro atoms. The van der Waals surface area contributed by atoms with Gasteiger partial charge < -0.3 is 16.0 Å². The van der Waals surface area contributed by atoms with E-state index in [1.54, 1.807) is 18.0 Å². The maximum Gasteiger partial charge on any atom is 0.227 e. The van der Waals surface area contributed by atoms with Gasteiger partial charge in [0.1, 0.15) is 5.82 Å². The Balaban J connectivity index is 2.33. The molecule has 0 bridgehead atoms. The molecule has 0 radical (unpaired) electrons. The Morgan fingerprint density at radius 2 is 2.35 bits per heavy atom. The lowest BCUT2D eigenvalue weighted by Crippen LogP contribution is -2.26. The molecule has 5 heteroatoms. The van der Waals surface area contributed by atoms with Crippen LogP contribution in [0, 0.1) is 11.7 Å². The average Bonchev–Trinajstić information content (AvgIpc) is 2.70. The number of hydrogen-bond acceptors (Lipinski definition) is 3. The Labute approximate surface area is 99.6 Å². The summed E-state index contributed by atoms with van der Waals surface area (Å²) in [6, 6.07) is 4.38. The summed E-state index contributed by atoms with van der Waals surface area (Å²) < 4.78 is 13.3. The van der Waals surface area contributed by atoms with E-state index in [-0.39, 0.29) is 17.6 Å². The van der Waals surface area contributed by atoms with Crippen LogP contribution in [0.25, 0.3) is 0 Å². The number of benzene rings is 1. The first-order valence-corrected chi connectivity index (χ1v) is 5.63. The molecule has 1 amide bonds. The first kappa shape index (κ1) is 11.9. The second kappa shape index (κ2) is 4.71. The quantitative estimate of drug-likeness (QED) is 0.830. The zero-order chi connectivity index (χ0) is 12.4. The lowest BCUT2D eigenvalue weighted by atomic mass is 10.1. The second-order valence-electron chi connectivity index (χ2n) is 4.22. The first-order chi connectivity index (χ1) is 8.15. The molecule has 3 N–H and O–H groups in total. The van der Waals surface area contributed by atoms with Crippen LogP contribution in [0.3, 0.4) is 0 Å². The minimum Gasteiger partial charge on any atom is -0.386 e. The van der Waals surface area contributed by atoms with E-state index < -0.39 is 0 Å². The Morgan fingerprint density at radius 1 is 1.59 bits per heavy atom. The van der Waals surface area contributed by atoms with Crippen LogP contribution in [0.2, 0.25) is 0 Å². The average molecular weight is 237 g/mol. The van der Waals surface area contributed by atoms with E-state index in [2.05, 4.69) is 5.32 Å². The van der Waals surface area contributed by atoms with E-state index in [0.29, 0.717) is 25.2 Å². The Morgan fingerprint density at radius 3 is 2.94 bits per heavy atom. The largest absolute Gasteiger partial charge is 0.386 e. The predicted molar refractivity (Wildman–Crippen MR) is 65.5 cm³/mol. The van der Waals surface area contributed by atoms with Crippen LogP contribution in [0.1, 0.15) is 6.42 Å². The molecular weight excluding hydrogens is 221 g/mol. The standard InChI is InChI=1S/C12H16FN3O/c1-15-10-3-2-9(13)5-11(10)16-7-8(6-14)4-12(16)17/h2-3,5,8,15H,4,6-7,14H2,1H3. The zero-order valence-corrected chi connectivity index (χ0v) is 9.74.